The molecule has 1 aromatic heterocycles. The SMILES string of the molecule is NNc1cnc(C(=O)N2CCN(C3CCCC3)CC2)cn1. The van der Waals surface area contributed by atoms with Gasteiger partial charge in [0.1, 0.15) is 5.69 Å². The lowest BCUT2D eigenvalue weighted by atomic mass is 10.2. The van der Waals surface area contributed by atoms with Crippen LogP contribution in [-0.4, -0.2) is 57.9 Å². The van der Waals surface area contributed by atoms with E-state index in [9.17, 15) is 4.79 Å². The highest BCUT2D eigenvalue weighted by atomic mass is 16.2. The van der Waals surface area contributed by atoms with E-state index in [1.165, 1.54) is 38.1 Å². The van der Waals surface area contributed by atoms with Gasteiger partial charge in [0.15, 0.2) is 5.82 Å². The van der Waals surface area contributed by atoms with Crippen LogP contribution in [0.3, 0.4) is 0 Å². The van der Waals surface area contributed by atoms with Crippen LogP contribution in [0.25, 0.3) is 0 Å². The molecule has 7 nitrogen and oxygen atoms in total. The predicted octanol–water partition coefficient (Wildman–Crippen LogP) is 0.463. The van der Waals surface area contributed by atoms with Gasteiger partial charge in [-0.05, 0) is 12.8 Å². The number of anilines is 1. The monoisotopic (exact) mass is 290 g/mol. The predicted molar refractivity (Wildman–Crippen MR) is 79.6 cm³/mol. The Morgan fingerprint density at radius 1 is 1.14 bits per heavy atom. The maximum atomic E-state index is 12.4. The van der Waals surface area contributed by atoms with Gasteiger partial charge in [-0.15, -0.1) is 0 Å². The Morgan fingerprint density at radius 3 is 2.43 bits per heavy atom. The number of hydrogen-bond donors (Lipinski definition) is 2. The second-order valence-corrected chi connectivity index (χ2v) is 5.70. The van der Waals surface area contributed by atoms with Gasteiger partial charge in [-0.2, -0.15) is 0 Å². The van der Waals surface area contributed by atoms with Crippen molar-refractivity contribution >= 4 is 11.7 Å². The Labute approximate surface area is 124 Å². The third-order valence-corrected chi connectivity index (χ3v) is 4.46. The molecule has 0 bridgehead atoms. The minimum absolute atomic E-state index is 0.0443. The third kappa shape index (κ3) is 3.14. The molecule has 0 aromatic carbocycles. The van der Waals surface area contributed by atoms with E-state index in [-0.39, 0.29) is 5.91 Å². The zero-order valence-electron chi connectivity index (χ0n) is 12.2. The van der Waals surface area contributed by atoms with Gasteiger partial charge in [-0.3, -0.25) is 9.69 Å². The maximum Gasteiger partial charge on any atom is 0.274 e. The summed E-state index contributed by atoms with van der Waals surface area (Å²) in [6, 6.07) is 0.733. The first kappa shape index (κ1) is 14.2. The molecular weight excluding hydrogens is 268 g/mol. The molecule has 0 spiro atoms. The zero-order valence-corrected chi connectivity index (χ0v) is 12.2. The number of aromatic nitrogens is 2. The van der Waals surface area contributed by atoms with Gasteiger partial charge < -0.3 is 10.3 Å². The van der Waals surface area contributed by atoms with Gasteiger partial charge >= 0.3 is 0 Å². The van der Waals surface area contributed by atoms with Crippen molar-refractivity contribution in [2.45, 2.75) is 31.7 Å². The molecule has 0 unspecified atom stereocenters. The number of amides is 1. The molecule has 1 aromatic rings. The van der Waals surface area contributed by atoms with Crippen LogP contribution < -0.4 is 11.3 Å². The summed E-state index contributed by atoms with van der Waals surface area (Å²) in [6.07, 6.45) is 8.27. The van der Waals surface area contributed by atoms with Crippen LogP contribution in [0.4, 0.5) is 5.82 Å². The lowest BCUT2D eigenvalue weighted by Gasteiger charge is -2.37. The second-order valence-electron chi connectivity index (χ2n) is 5.70. The Kier molecular flexibility index (Phi) is 4.31. The topological polar surface area (TPSA) is 87.4 Å². The summed E-state index contributed by atoms with van der Waals surface area (Å²) < 4.78 is 0. The Bertz CT molecular complexity index is 477. The maximum absolute atomic E-state index is 12.4. The molecule has 21 heavy (non-hydrogen) atoms. The van der Waals surface area contributed by atoms with Crippen molar-refractivity contribution in [1.82, 2.24) is 19.8 Å². The molecule has 7 heteroatoms. The first-order chi connectivity index (χ1) is 10.3. The van der Waals surface area contributed by atoms with E-state index in [4.69, 9.17) is 5.84 Å². The van der Waals surface area contributed by atoms with Crippen molar-refractivity contribution in [3.63, 3.8) is 0 Å². The molecule has 0 atom stereocenters. The zero-order chi connectivity index (χ0) is 14.7. The van der Waals surface area contributed by atoms with Crippen LogP contribution in [0.15, 0.2) is 12.4 Å². The van der Waals surface area contributed by atoms with Crippen molar-refractivity contribution in [2.24, 2.45) is 5.84 Å². The van der Waals surface area contributed by atoms with Gasteiger partial charge in [0.05, 0.1) is 12.4 Å². The minimum Gasteiger partial charge on any atom is -0.335 e. The van der Waals surface area contributed by atoms with Crippen molar-refractivity contribution in [2.75, 3.05) is 31.6 Å². The fraction of sp³-hybridized carbons (Fsp3) is 0.643. The molecule has 2 fully saturated rings. The van der Waals surface area contributed by atoms with Gasteiger partial charge in [0.25, 0.3) is 5.91 Å². The summed E-state index contributed by atoms with van der Waals surface area (Å²) in [4.78, 5) is 24.9. The number of carbonyl (C=O) groups excluding carboxylic acids is 1. The number of nitrogens with two attached hydrogens (primary N) is 1. The molecule has 1 saturated carbocycles. The first-order valence-corrected chi connectivity index (χ1v) is 7.60. The first-order valence-electron chi connectivity index (χ1n) is 7.60. The fourth-order valence-corrected chi connectivity index (χ4v) is 3.23. The lowest BCUT2D eigenvalue weighted by molar-refractivity contribution is 0.0567. The van der Waals surface area contributed by atoms with E-state index in [1.807, 2.05) is 4.90 Å². The summed E-state index contributed by atoms with van der Waals surface area (Å²) in [5.74, 6) is 5.65. The van der Waals surface area contributed by atoms with E-state index >= 15 is 0 Å². The molecule has 2 aliphatic rings. The summed E-state index contributed by atoms with van der Waals surface area (Å²) in [7, 11) is 0. The number of nitrogen functional groups attached to an aromatic ring is 1. The molecule has 1 saturated heterocycles. The molecule has 1 aliphatic carbocycles. The van der Waals surface area contributed by atoms with Crippen LogP contribution in [0.2, 0.25) is 0 Å². The molecule has 114 valence electrons. The van der Waals surface area contributed by atoms with Crippen LogP contribution >= 0.6 is 0 Å². The third-order valence-electron chi connectivity index (χ3n) is 4.46. The van der Waals surface area contributed by atoms with Crippen molar-refractivity contribution in [1.29, 1.82) is 0 Å². The normalized spacial score (nSPS) is 20.7. The molecule has 1 aliphatic heterocycles. The number of nitrogens with zero attached hydrogens (tertiary/aromatic N) is 4. The van der Waals surface area contributed by atoms with Crippen LogP contribution in [-0.2, 0) is 0 Å². The summed E-state index contributed by atoms with van der Waals surface area (Å²) in [5.41, 5.74) is 2.78. The average molecular weight is 290 g/mol. The van der Waals surface area contributed by atoms with E-state index in [0.29, 0.717) is 11.5 Å². The van der Waals surface area contributed by atoms with Gasteiger partial charge in [0, 0.05) is 32.2 Å². The Hall–Kier alpha value is -1.73. The van der Waals surface area contributed by atoms with E-state index < -0.39 is 0 Å². The standard InChI is InChI=1S/C14H22N6O/c15-18-13-10-16-12(9-17-13)14(21)20-7-5-19(6-8-20)11-3-1-2-4-11/h9-11H,1-8,15H2,(H,17,18). The molecule has 3 N–H and O–H groups in total. The smallest absolute Gasteiger partial charge is 0.274 e. The fourth-order valence-electron chi connectivity index (χ4n) is 3.23. The number of nitrogens with one attached hydrogen (secondary N) is 1. The van der Waals surface area contributed by atoms with E-state index in [0.717, 1.165) is 32.2 Å². The van der Waals surface area contributed by atoms with Crippen molar-refractivity contribution in [3.8, 4) is 0 Å². The molecule has 3 rings (SSSR count). The summed E-state index contributed by atoms with van der Waals surface area (Å²) >= 11 is 0. The number of hydrazine groups is 1. The molecule has 1 amide bonds. The number of piperazine rings is 1. The Balaban J connectivity index is 1.56. The van der Waals surface area contributed by atoms with Crippen LogP contribution in [0.5, 0.6) is 0 Å². The highest BCUT2D eigenvalue weighted by molar-refractivity contribution is 5.92. The average Bonchev–Trinajstić information content (AvgIpc) is 3.09. The highest BCUT2D eigenvalue weighted by Crippen LogP contribution is 2.24. The van der Waals surface area contributed by atoms with Gasteiger partial charge in [0.2, 0.25) is 0 Å². The quantitative estimate of drug-likeness (QED) is 0.621. The van der Waals surface area contributed by atoms with E-state index in [2.05, 4.69) is 20.3 Å². The number of hydrogen-bond acceptors (Lipinski definition) is 6. The summed E-state index contributed by atoms with van der Waals surface area (Å²) in [5, 5.41) is 0. The number of rotatable bonds is 3. The number of carbonyl (C=O) groups is 1. The summed E-state index contributed by atoms with van der Waals surface area (Å²) in [6.45, 7) is 3.47. The molecular formula is C14H22N6O. The van der Waals surface area contributed by atoms with Crippen LogP contribution in [0, 0.1) is 0 Å². The van der Waals surface area contributed by atoms with Crippen molar-refractivity contribution in [3.05, 3.63) is 18.1 Å². The van der Waals surface area contributed by atoms with Crippen molar-refractivity contribution < 1.29 is 4.79 Å². The highest BCUT2D eigenvalue weighted by Gasteiger charge is 2.28. The molecule has 0 radical (unpaired) electrons. The largest absolute Gasteiger partial charge is 0.335 e. The molecule has 2 heterocycles. The minimum atomic E-state index is -0.0443. The van der Waals surface area contributed by atoms with E-state index in [1.54, 1.807) is 0 Å². The lowest BCUT2D eigenvalue weighted by Crippen LogP contribution is -2.51. The van der Waals surface area contributed by atoms with Gasteiger partial charge in [-0.25, -0.2) is 15.8 Å². The van der Waals surface area contributed by atoms with Crippen LogP contribution in [0.1, 0.15) is 36.2 Å². The Morgan fingerprint density at radius 2 is 1.86 bits per heavy atom. The van der Waals surface area contributed by atoms with Gasteiger partial charge in [-0.1, -0.05) is 12.8 Å². The second kappa shape index (κ2) is 6.36.